The molecule has 3 heteroatoms. The molecular weight excluding hydrogens is 130 g/mol. The van der Waals surface area contributed by atoms with Gasteiger partial charge in [0.25, 0.3) is 5.91 Å². The summed E-state index contributed by atoms with van der Waals surface area (Å²) < 4.78 is 0. The summed E-state index contributed by atoms with van der Waals surface area (Å²) in [5.41, 5.74) is 0.509. The second-order valence-electron chi connectivity index (χ2n) is 2.62. The Labute approximate surface area is 59.9 Å². The van der Waals surface area contributed by atoms with E-state index in [4.69, 9.17) is 5.11 Å². The maximum Gasteiger partial charge on any atom is 0.252 e. The van der Waals surface area contributed by atoms with Crippen LogP contribution >= 0.6 is 0 Å². The van der Waals surface area contributed by atoms with Gasteiger partial charge < -0.3 is 10.0 Å². The molecule has 1 rings (SSSR count). The third kappa shape index (κ3) is 0.875. The zero-order valence-corrected chi connectivity index (χ0v) is 6.16. The van der Waals surface area contributed by atoms with Crippen molar-refractivity contribution in [2.45, 2.75) is 19.4 Å². The standard InChI is InChI=1S/C7H11NO2/c1-5-3-6(4-9)7(10)8(5)2/h4-5,9H,3H2,1-2H3/b6-4-. The summed E-state index contributed by atoms with van der Waals surface area (Å²) in [5.74, 6) is -0.0602. The highest BCUT2D eigenvalue weighted by molar-refractivity contribution is 5.95. The number of likely N-dealkylation sites (tertiary alicyclic amines) is 1. The Balaban J connectivity index is 2.81. The van der Waals surface area contributed by atoms with E-state index in [1.807, 2.05) is 6.92 Å². The second kappa shape index (κ2) is 2.33. The number of nitrogens with zero attached hydrogens (tertiary/aromatic N) is 1. The summed E-state index contributed by atoms with van der Waals surface area (Å²) >= 11 is 0. The van der Waals surface area contributed by atoms with Gasteiger partial charge in [-0.3, -0.25) is 4.79 Å². The molecule has 1 unspecified atom stereocenters. The number of amides is 1. The quantitative estimate of drug-likeness (QED) is 0.398. The van der Waals surface area contributed by atoms with E-state index in [0.717, 1.165) is 6.26 Å². The van der Waals surface area contributed by atoms with Crippen LogP contribution in [0.15, 0.2) is 11.8 Å². The summed E-state index contributed by atoms with van der Waals surface area (Å²) in [7, 11) is 1.74. The molecule has 1 saturated heterocycles. The minimum atomic E-state index is -0.0602. The number of carbonyl (C=O) groups is 1. The molecule has 1 aliphatic rings. The van der Waals surface area contributed by atoms with Crippen molar-refractivity contribution < 1.29 is 9.90 Å². The van der Waals surface area contributed by atoms with E-state index in [1.165, 1.54) is 0 Å². The summed E-state index contributed by atoms with van der Waals surface area (Å²) in [6.07, 6.45) is 1.56. The van der Waals surface area contributed by atoms with E-state index >= 15 is 0 Å². The van der Waals surface area contributed by atoms with Gasteiger partial charge in [0, 0.05) is 19.5 Å². The van der Waals surface area contributed by atoms with Crippen molar-refractivity contribution >= 4 is 5.91 Å². The van der Waals surface area contributed by atoms with Gasteiger partial charge in [-0.1, -0.05) is 0 Å². The molecule has 0 spiro atoms. The van der Waals surface area contributed by atoms with Gasteiger partial charge in [0.1, 0.15) is 0 Å². The van der Waals surface area contributed by atoms with Crippen LogP contribution in [0.3, 0.4) is 0 Å². The Hall–Kier alpha value is -0.990. The first-order valence-electron chi connectivity index (χ1n) is 3.27. The van der Waals surface area contributed by atoms with Crippen LogP contribution in [0.5, 0.6) is 0 Å². The maximum absolute atomic E-state index is 11.0. The summed E-state index contributed by atoms with van der Waals surface area (Å²) in [6.45, 7) is 1.95. The maximum atomic E-state index is 11.0. The van der Waals surface area contributed by atoms with Gasteiger partial charge in [-0.2, -0.15) is 0 Å². The third-order valence-corrected chi connectivity index (χ3v) is 1.93. The molecule has 0 aromatic carbocycles. The molecule has 0 aliphatic carbocycles. The van der Waals surface area contributed by atoms with Crippen LogP contribution in [-0.4, -0.2) is 29.0 Å². The smallest absolute Gasteiger partial charge is 0.252 e. The first kappa shape index (κ1) is 7.12. The van der Waals surface area contributed by atoms with Gasteiger partial charge in [-0.25, -0.2) is 0 Å². The van der Waals surface area contributed by atoms with Gasteiger partial charge >= 0.3 is 0 Å². The zero-order valence-electron chi connectivity index (χ0n) is 6.16. The van der Waals surface area contributed by atoms with E-state index in [1.54, 1.807) is 11.9 Å². The molecule has 1 atom stereocenters. The van der Waals surface area contributed by atoms with Crippen LogP contribution in [-0.2, 0) is 4.79 Å². The minimum Gasteiger partial charge on any atom is -0.515 e. The Morgan fingerprint density at radius 2 is 2.40 bits per heavy atom. The SMILES string of the molecule is CC1C/C(=C/O)C(=O)N1C. The normalized spacial score (nSPS) is 30.2. The summed E-state index contributed by atoms with van der Waals surface area (Å²) in [4.78, 5) is 12.7. The molecule has 3 nitrogen and oxygen atoms in total. The molecule has 56 valence electrons. The topological polar surface area (TPSA) is 40.5 Å². The Bertz CT molecular complexity index is 186. The average molecular weight is 141 g/mol. The molecule has 0 bridgehead atoms. The van der Waals surface area contributed by atoms with Crippen molar-refractivity contribution in [3.8, 4) is 0 Å². The first-order valence-corrected chi connectivity index (χ1v) is 3.27. The Kier molecular flexibility index (Phi) is 1.66. The van der Waals surface area contributed by atoms with Gasteiger partial charge in [-0.15, -0.1) is 0 Å². The van der Waals surface area contributed by atoms with Gasteiger partial charge in [0.15, 0.2) is 0 Å². The van der Waals surface area contributed by atoms with Gasteiger partial charge in [-0.05, 0) is 6.92 Å². The molecule has 1 fully saturated rings. The Morgan fingerprint density at radius 3 is 2.60 bits per heavy atom. The lowest BCUT2D eigenvalue weighted by molar-refractivity contribution is -0.124. The fourth-order valence-corrected chi connectivity index (χ4v) is 1.08. The molecule has 1 N–H and O–H groups in total. The number of aliphatic hydroxyl groups excluding tert-OH is 1. The highest BCUT2D eigenvalue weighted by atomic mass is 16.2. The van der Waals surface area contributed by atoms with Crippen LogP contribution in [0.25, 0.3) is 0 Å². The van der Waals surface area contributed by atoms with Crippen LogP contribution < -0.4 is 0 Å². The molecule has 0 saturated carbocycles. The third-order valence-electron chi connectivity index (χ3n) is 1.93. The number of likely N-dealkylation sites (N-methyl/N-ethyl adjacent to an activating group) is 1. The largest absolute Gasteiger partial charge is 0.515 e. The van der Waals surface area contributed by atoms with E-state index in [2.05, 4.69) is 0 Å². The van der Waals surface area contributed by atoms with E-state index in [0.29, 0.717) is 12.0 Å². The highest BCUT2D eigenvalue weighted by Crippen LogP contribution is 2.20. The van der Waals surface area contributed by atoms with Crippen LogP contribution in [0.1, 0.15) is 13.3 Å². The van der Waals surface area contributed by atoms with Crippen molar-refractivity contribution in [3.63, 3.8) is 0 Å². The van der Waals surface area contributed by atoms with E-state index in [-0.39, 0.29) is 11.9 Å². The molecule has 1 heterocycles. The van der Waals surface area contributed by atoms with Crippen molar-refractivity contribution in [2.24, 2.45) is 0 Å². The van der Waals surface area contributed by atoms with Crippen molar-refractivity contribution in [3.05, 3.63) is 11.8 Å². The van der Waals surface area contributed by atoms with Crippen molar-refractivity contribution in [1.29, 1.82) is 0 Å². The van der Waals surface area contributed by atoms with Crippen LogP contribution in [0.4, 0.5) is 0 Å². The minimum absolute atomic E-state index is 0.0602. The number of aliphatic hydroxyl groups is 1. The molecule has 1 aliphatic heterocycles. The van der Waals surface area contributed by atoms with Gasteiger partial charge in [0.05, 0.1) is 11.8 Å². The average Bonchev–Trinajstić information content (AvgIpc) is 2.17. The lowest BCUT2D eigenvalue weighted by Gasteiger charge is -2.12. The van der Waals surface area contributed by atoms with Crippen LogP contribution in [0, 0.1) is 0 Å². The zero-order chi connectivity index (χ0) is 7.72. The number of carbonyl (C=O) groups excluding carboxylic acids is 1. The molecular formula is C7H11NO2. The molecule has 0 aromatic rings. The fraction of sp³-hybridized carbons (Fsp3) is 0.571. The van der Waals surface area contributed by atoms with Crippen molar-refractivity contribution in [1.82, 2.24) is 4.90 Å². The highest BCUT2D eigenvalue weighted by Gasteiger charge is 2.28. The number of hydrogen-bond acceptors (Lipinski definition) is 2. The molecule has 1 amide bonds. The molecule has 0 aromatic heterocycles. The molecule has 10 heavy (non-hydrogen) atoms. The van der Waals surface area contributed by atoms with Crippen LogP contribution in [0.2, 0.25) is 0 Å². The van der Waals surface area contributed by atoms with E-state index in [9.17, 15) is 4.79 Å². The second-order valence-corrected chi connectivity index (χ2v) is 2.62. The summed E-state index contributed by atoms with van der Waals surface area (Å²) in [5, 5.41) is 8.56. The monoisotopic (exact) mass is 141 g/mol. The lowest BCUT2D eigenvalue weighted by Crippen LogP contribution is -2.25. The Morgan fingerprint density at radius 1 is 1.80 bits per heavy atom. The predicted molar refractivity (Wildman–Crippen MR) is 37.6 cm³/mol. The number of hydrogen-bond donors (Lipinski definition) is 1. The lowest BCUT2D eigenvalue weighted by atomic mass is 10.2. The van der Waals surface area contributed by atoms with E-state index < -0.39 is 0 Å². The fourth-order valence-electron chi connectivity index (χ4n) is 1.08. The van der Waals surface area contributed by atoms with Crippen molar-refractivity contribution in [2.75, 3.05) is 7.05 Å². The predicted octanol–water partition coefficient (Wildman–Crippen LogP) is 0.679. The first-order chi connectivity index (χ1) is 4.66. The van der Waals surface area contributed by atoms with Gasteiger partial charge in [0.2, 0.25) is 0 Å². The summed E-state index contributed by atoms with van der Waals surface area (Å²) in [6, 6.07) is 0.228. The molecule has 0 radical (unpaired) electrons. The number of rotatable bonds is 0.